The molecule has 4 heterocycles. The molecule has 4 aromatic rings. The fourth-order valence-electron chi connectivity index (χ4n) is 2.81. The molecule has 2 N–H and O–H groups in total. The molecule has 0 atom stereocenters. The third kappa shape index (κ3) is 2.88. The number of amides is 1. The van der Waals surface area contributed by atoms with Crippen LogP contribution in [0.2, 0.25) is 5.15 Å². The summed E-state index contributed by atoms with van der Waals surface area (Å²) in [6.45, 7) is -0.704. The van der Waals surface area contributed by atoms with Crippen LogP contribution in [0.4, 0.5) is 8.78 Å². The number of hydrogen-bond acceptors (Lipinski definition) is 3. The van der Waals surface area contributed by atoms with E-state index in [4.69, 9.17) is 11.6 Å². The fourth-order valence-corrected chi connectivity index (χ4v) is 2.96. The zero-order valence-corrected chi connectivity index (χ0v) is 14.0. The van der Waals surface area contributed by atoms with Crippen LogP contribution in [0.15, 0.2) is 42.9 Å². The molecule has 6 nitrogen and oxygen atoms in total. The number of fused-ring (bicyclic) bond motifs is 2. The molecule has 0 saturated heterocycles. The molecule has 9 heteroatoms. The van der Waals surface area contributed by atoms with E-state index in [-0.39, 0.29) is 5.56 Å². The van der Waals surface area contributed by atoms with Crippen LogP contribution in [0.25, 0.3) is 27.7 Å². The summed E-state index contributed by atoms with van der Waals surface area (Å²) in [5, 5.41) is 7.55. The van der Waals surface area contributed by atoms with Gasteiger partial charge in [0.25, 0.3) is 12.3 Å². The lowest BCUT2D eigenvalue weighted by molar-refractivity contribution is 0.0893. The quantitative estimate of drug-likeness (QED) is 0.536. The number of aromatic nitrogens is 4. The van der Waals surface area contributed by atoms with E-state index in [9.17, 15) is 13.6 Å². The predicted molar refractivity (Wildman–Crippen MR) is 93.6 cm³/mol. The van der Waals surface area contributed by atoms with Crippen molar-refractivity contribution in [3.63, 3.8) is 0 Å². The SMILES string of the molecule is O=C(NCC(F)F)c1cnn2ccc(-c3c[nH]c4nc(Cl)ccc34)cc12. The lowest BCUT2D eigenvalue weighted by atomic mass is 10.1. The second-order valence-corrected chi connectivity index (χ2v) is 6.02. The highest BCUT2D eigenvalue weighted by atomic mass is 35.5. The highest BCUT2D eigenvalue weighted by Gasteiger charge is 2.16. The number of hydrogen-bond donors (Lipinski definition) is 2. The van der Waals surface area contributed by atoms with Crippen LogP contribution in [0.1, 0.15) is 10.4 Å². The monoisotopic (exact) mass is 375 g/mol. The average Bonchev–Trinajstić information content (AvgIpc) is 3.22. The smallest absolute Gasteiger partial charge is 0.255 e. The largest absolute Gasteiger partial charge is 0.346 e. The first-order valence-corrected chi connectivity index (χ1v) is 8.08. The van der Waals surface area contributed by atoms with Crippen molar-refractivity contribution in [2.24, 2.45) is 0 Å². The maximum atomic E-state index is 12.3. The molecule has 4 aromatic heterocycles. The van der Waals surface area contributed by atoms with Gasteiger partial charge in [-0.1, -0.05) is 11.6 Å². The summed E-state index contributed by atoms with van der Waals surface area (Å²) in [6.07, 6.45) is 2.25. The van der Waals surface area contributed by atoms with Gasteiger partial charge in [0, 0.05) is 23.3 Å². The van der Waals surface area contributed by atoms with Crippen LogP contribution in [-0.2, 0) is 0 Å². The van der Waals surface area contributed by atoms with Crippen molar-refractivity contribution < 1.29 is 13.6 Å². The number of rotatable bonds is 4. The lowest BCUT2D eigenvalue weighted by Gasteiger charge is -2.05. The molecule has 0 aliphatic heterocycles. The molecule has 1 amide bonds. The Balaban J connectivity index is 1.77. The number of carbonyl (C=O) groups excluding carboxylic acids is 1. The first kappa shape index (κ1) is 16.5. The Morgan fingerprint density at radius 2 is 2.19 bits per heavy atom. The fraction of sp³-hybridized carbons (Fsp3) is 0.118. The zero-order valence-electron chi connectivity index (χ0n) is 13.2. The van der Waals surface area contributed by atoms with Gasteiger partial charge in [-0.2, -0.15) is 5.10 Å². The van der Waals surface area contributed by atoms with Crippen LogP contribution in [0, 0.1) is 0 Å². The summed E-state index contributed by atoms with van der Waals surface area (Å²) in [5.41, 5.74) is 3.11. The zero-order chi connectivity index (χ0) is 18.3. The van der Waals surface area contributed by atoms with E-state index >= 15 is 0 Å². The average molecular weight is 376 g/mol. The van der Waals surface area contributed by atoms with E-state index in [1.54, 1.807) is 24.5 Å². The van der Waals surface area contributed by atoms with Crippen LogP contribution in [0.5, 0.6) is 0 Å². The molecule has 26 heavy (non-hydrogen) atoms. The van der Waals surface area contributed by atoms with Gasteiger partial charge in [0.2, 0.25) is 0 Å². The van der Waals surface area contributed by atoms with E-state index < -0.39 is 18.9 Å². The Bertz CT molecular complexity index is 1120. The van der Waals surface area contributed by atoms with Crippen molar-refractivity contribution in [2.75, 3.05) is 6.54 Å². The van der Waals surface area contributed by atoms with Gasteiger partial charge in [0.15, 0.2) is 0 Å². The molecule has 0 fully saturated rings. The highest BCUT2D eigenvalue weighted by Crippen LogP contribution is 2.29. The number of carbonyl (C=O) groups is 1. The first-order chi connectivity index (χ1) is 12.5. The predicted octanol–water partition coefficient (Wildman–Crippen LogP) is 3.53. The van der Waals surface area contributed by atoms with Crippen LogP contribution < -0.4 is 5.32 Å². The Morgan fingerprint density at radius 3 is 3.00 bits per heavy atom. The highest BCUT2D eigenvalue weighted by molar-refractivity contribution is 6.29. The Hall–Kier alpha value is -3.00. The Labute approximate surface area is 150 Å². The van der Waals surface area contributed by atoms with Gasteiger partial charge in [-0.25, -0.2) is 18.3 Å². The summed E-state index contributed by atoms with van der Waals surface area (Å²) >= 11 is 5.90. The second kappa shape index (κ2) is 6.38. The summed E-state index contributed by atoms with van der Waals surface area (Å²) in [5.74, 6) is -0.593. The molecule has 0 aromatic carbocycles. The molecule has 132 valence electrons. The molecule has 0 spiro atoms. The van der Waals surface area contributed by atoms with Gasteiger partial charge in [-0.05, 0) is 29.8 Å². The first-order valence-electron chi connectivity index (χ1n) is 7.70. The number of H-pyrrole nitrogens is 1. The van der Waals surface area contributed by atoms with Gasteiger partial charge < -0.3 is 10.3 Å². The number of alkyl halides is 2. The van der Waals surface area contributed by atoms with E-state index in [1.165, 1.54) is 10.7 Å². The van der Waals surface area contributed by atoms with Gasteiger partial charge >= 0.3 is 0 Å². The maximum absolute atomic E-state index is 12.3. The van der Waals surface area contributed by atoms with Crippen molar-refractivity contribution in [2.45, 2.75) is 6.43 Å². The van der Waals surface area contributed by atoms with Crippen molar-refractivity contribution in [3.05, 3.63) is 53.6 Å². The topological polar surface area (TPSA) is 75.1 Å². The molecule has 0 unspecified atom stereocenters. The Kier molecular flexibility index (Phi) is 4.04. The van der Waals surface area contributed by atoms with Crippen LogP contribution in [0.3, 0.4) is 0 Å². The van der Waals surface area contributed by atoms with Crippen molar-refractivity contribution in [1.29, 1.82) is 0 Å². The van der Waals surface area contributed by atoms with Gasteiger partial charge in [0.05, 0.1) is 23.8 Å². The number of halogens is 3. The summed E-state index contributed by atoms with van der Waals surface area (Å²) in [6, 6.07) is 7.18. The van der Waals surface area contributed by atoms with Gasteiger partial charge in [-0.15, -0.1) is 0 Å². The van der Waals surface area contributed by atoms with E-state index in [0.29, 0.717) is 16.3 Å². The molecule has 0 radical (unpaired) electrons. The second-order valence-electron chi connectivity index (χ2n) is 5.64. The van der Waals surface area contributed by atoms with E-state index in [0.717, 1.165) is 16.5 Å². The number of nitrogens with zero attached hydrogens (tertiary/aromatic N) is 3. The van der Waals surface area contributed by atoms with E-state index in [1.807, 2.05) is 12.1 Å². The third-order valence-electron chi connectivity index (χ3n) is 4.00. The van der Waals surface area contributed by atoms with Gasteiger partial charge in [-0.3, -0.25) is 4.79 Å². The van der Waals surface area contributed by atoms with Crippen molar-refractivity contribution in [1.82, 2.24) is 24.9 Å². The molecule has 4 rings (SSSR count). The standard InChI is InChI=1S/C17H12ClF2N5O/c18-14-2-1-10-11(6-21-16(10)24-14)9-3-4-25-13(5-9)12(7-23-25)17(26)22-8-15(19)20/h1-7,15H,8H2,(H,21,24)(H,22,26). The molecular weight excluding hydrogens is 364 g/mol. The number of aromatic amines is 1. The van der Waals surface area contributed by atoms with Gasteiger partial charge in [0.1, 0.15) is 10.8 Å². The summed E-state index contributed by atoms with van der Waals surface area (Å²) < 4.78 is 26.2. The minimum absolute atomic E-state index is 0.230. The normalized spacial score (nSPS) is 11.5. The number of pyridine rings is 2. The van der Waals surface area contributed by atoms with Crippen LogP contribution in [-0.4, -0.2) is 38.5 Å². The molecule has 0 aliphatic rings. The molecule has 0 aliphatic carbocycles. The minimum atomic E-state index is -2.61. The lowest BCUT2D eigenvalue weighted by Crippen LogP contribution is -2.28. The molecular formula is C17H12ClF2N5O. The maximum Gasteiger partial charge on any atom is 0.255 e. The summed E-state index contributed by atoms with van der Waals surface area (Å²) in [7, 11) is 0. The van der Waals surface area contributed by atoms with E-state index in [2.05, 4.69) is 20.4 Å². The third-order valence-corrected chi connectivity index (χ3v) is 4.21. The minimum Gasteiger partial charge on any atom is -0.346 e. The van der Waals surface area contributed by atoms with Crippen molar-refractivity contribution >= 4 is 34.1 Å². The Morgan fingerprint density at radius 1 is 1.35 bits per heavy atom. The molecule has 0 bridgehead atoms. The van der Waals surface area contributed by atoms with Crippen LogP contribution >= 0.6 is 11.6 Å². The molecule has 0 saturated carbocycles. The number of nitrogens with one attached hydrogen (secondary N) is 2. The van der Waals surface area contributed by atoms with Crippen molar-refractivity contribution in [3.8, 4) is 11.1 Å². The summed E-state index contributed by atoms with van der Waals surface area (Å²) in [4.78, 5) is 19.4.